The lowest BCUT2D eigenvalue weighted by atomic mass is 9.98. The lowest BCUT2D eigenvalue weighted by Gasteiger charge is -2.27. The quantitative estimate of drug-likeness (QED) is 0.809. The van der Waals surface area contributed by atoms with Crippen LogP contribution in [0.2, 0.25) is 0 Å². The van der Waals surface area contributed by atoms with Crippen LogP contribution in [0.1, 0.15) is 33.6 Å². The Morgan fingerprint density at radius 1 is 1.17 bits per heavy atom. The monoisotopic (exact) mass is 256 g/mol. The molecule has 0 aromatic carbocycles. The van der Waals surface area contributed by atoms with E-state index in [1.54, 1.807) is 18.9 Å². The molecule has 1 rings (SSSR count). The highest BCUT2D eigenvalue weighted by Crippen LogP contribution is 2.10. The molecular formula is C13H24N2O3. The number of likely N-dealkylation sites (tertiary alicyclic amines) is 1. The first kappa shape index (κ1) is 15.0. The van der Waals surface area contributed by atoms with Crippen LogP contribution in [-0.2, 0) is 9.53 Å². The summed E-state index contributed by atoms with van der Waals surface area (Å²) in [5.41, 5.74) is 0. The number of carbonyl (C=O) groups is 2. The molecule has 0 saturated carbocycles. The van der Waals surface area contributed by atoms with E-state index in [0.717, 1.165) is 25.9 Å². The first-order chi connectivity index (χ1) is 8.47. The Kier molecular flexibility index (Phi) is 5.59. The van der Waals surface area contributed by atoms with Gasteiger partial charge in [0.15, 0.2) is 5.78 Å². The minimum atomic E-state index is -0.567. The van der Waals surface area contributed by atoms with Gasteiger partial charge in [-0.05, 0) is 19.8 Å². The molecule has 0 unspecified atom stereocenters. The van der Waals surface area contributed by atoms with Crippen molar-refractivity contribution in [2.24, 2.45) is 5.92 Å². The fraction of sp³-hybridized carbons (Fsp3) is 0.846. The standard InChI is InChI=1S/C13H24N2O3/c1-9(2)12(16)11(10(3)18-4)14-13(17)15-7-5-6-8-15/h9-11H,5-8H2,1-4H3,(H,14,17)/t10-,11+/m1/s1. The van der Waals surface area contributed by atoms with Crippen LogP contribution in [0.3, 0.4) is 0 Å². The van der Waals surface area contributed by atoms with Crippen LogP contribution in [0.5, 0.6) is 0 Å². The summed E-state index contributed by atoms with van der Waals surface area (Å²) in [5.74, 6) is -0.108. The largest absolute Gasteiger partial charge is 0.379 e. The van der Waals surface area contributed by atoms with Crippen LogP contribution in [0.25, 0.3) is 0 Å². The molecule has 1 fully saturated rings. The maximum absolute atomic E-state index is 12.1. The van der Waals surface area contributed by atoms with Crippen molar-refractivity contribution in [1.82, 2.24) is 10.2 Å². The van der Waals surface area contributed by atoms with Gasteiger partial charge in [-0.15, -0.1) is 0 Å². The minimum absolute atomic E-state index is 0.0110. The number of hydrogen-bond acceptors (Lipinski definition) is 3. The first-order valence-electron chi connectivity index (χ1n) is 6.59. The lowest BCUT2D eigenvalue weighted by Crippen LogP contribution is -2.53. The van der Waals surface area contributed by atoms with Crippen LogP contribution in [0.4, 0.5) is 4.79 Å². The minimum Gasteiger partial charge on any atom is -0.379 e. The molecule has 104 valence electrons. The molecule has 0 spiro atoms. The van der Waals surface area contributed by atoms with Crippen molar-refractivity contribution in [2.45, 2.75) is 45.8 Å². The molecule has 0 aliphatic carbocycles. The topological polar surface area (TPSA) is 58.6 Å². The average Bonchev–Trinajstić information content (AvgIpc) is 2.87. The van der Waals surface area contributed by atoms with Crippen LogP contribution >= 0.6 is 0 Å². The summed E-state index contributed by atoms with van der Waals surface area (Å²) in [4.78, 5) is 25.8. The third kappa shape index (κ3) is 3.70. The van der Waals surface area contributed by atoms with Gasteiger partial charge in [0.1, 0.15) is 6.04 Å². The zero-order valence-corrected chi connectivity index (χ0v) is 11.7. The van der Waals surface area contributed by atoms with E-state index in [1.165, 1.54) is 0 Å². The molecule has 1 aliphatic heterocycles. The smallest absolute Gasteiger partial charge is 0.318 e. The Morgan fingerprint density at radius 2 is 1.72 bits per heavy atom. The van der Waals surface area contributed by atoms with Crippen molar-refractivity contribution in [1.29, 1.82) is 0 Å². The summed E-state index contributed by atoms with van der Waals surface area (Å²) < 4.78 is 5.19. The second-order valence-electron chi connectivity index (χ2n) is 5.12. The molecule has 0 bridgehead atoms. The van der Waals surface area contributed by atoms with Gasteiger partial charge in [0.05, 0.1) is 6.10 Å². The Hall–Kier alpha value is -1.10. The number of nitrogens with zero attached hydrogens (tertiary/aromatic N) is 1. The number of methoxy groups -OCH3 is 1. The molecule has 5 heteroatoms. The predicted molar refractivity (Wildman–Crippen MR) is 69.4 cm³/mol. The SMILES string of the molecule is CO[C@H](C)[C@H](NC(=O)N1CCCC1)C(=O)C(C)C. The fourth-order valence-corrected chi connectivity index (χ4v) is 2.06. The number of amides is 2. The highest BCUT2D eigenvalue weighted by atomic mass is 16.5. The molecule has 1 saturated heterocycles. The highest BCUT2D eigenvalue weighted by Gasteiger charge is 2.30. The average molecular weight is 256 g/mol. The number of urea groups is 1. The summed E-state index contributed by atoms with van der Waals surface area (Å²) in [6, 6.07) is -0.724. The zero-order valence-electron chi connectivity index (χ0n) is 11.7. The molecule has 1 aliphatic rings. The second kappa shape index (κ2) is 6.73. The van der Waals surface area contributed by atoms with E-state index in [-0.39, 0.29) is 23.8 Å². The Labute approximate surface area is 109 Å². The van der Waals surface area contributed by atoms with E-state index in [0.29, 0.717) is 0 Å². The molecule has 1 N–H and O–H groups in total. The maximum atomic E-state index is 12.1. The van der Waals surface area contributed by atoms with Crippen LogP contribution < -0.4 is 5.32 Å². The van der Waals surface area contributed by atoms with Crippen molar-refractivity contribution in [3.05, 3.63) is 0 Å². The number of rotatable bonds is 5. The first-order valence-corrected chi connectivity index (χ1v) is 6.59. The summed E-state index contributed by atoms with van der Waals surface area (Å²) >= 11 is 0. The summed E-state index contributed by atoms with van der Waals surface area (Å²) in [6.07, 6.45) is 1.76. The van der Waals surface area contributed by atoms with E-state index < -0.39 is 6.04 Å². The highest BCUT2D eigenvalue weighted by molar-refractivity contribution is 5.90. The van der Waals surface area contributed by atoms with E-state index in [4.69, 9.17) is 4.74 Å². The van der Waals surface area contributed by atoms with Gasteiger partial charge in [-0.2, -0.15) is 0 Å². The number of ether oxygens (including phenoxy) is 1. The predicted octanol–water partition coefficient (Wildman–Crippen LogP) is 1.42. The Morgan fingerprint density at radius 3 is 2.17 bits per heavy atom. The summed E-state index contributed by atoms with van der Waals surface area (Å²) in [5, 5.41) is 2.80. The van der Waals surface area contributed by atoms with E-state index in [9.17, 15) is 9.59 Å². The van der Waals surface area contributed by atoms with Gasteiger partial charge in [0.25, 0.3) is 0 Å². The number of nitrogens with one attached hydrogen (secondary N) is 1. The number of hydrogen-bond donors (Lipinski definition) is 1. The van der Waals surface area contributed by atoms with Gasteiger partial charge < -0.3 is 15.0 Å². The van der Waals surface area contributed by atoms with Gasteiger partial charge in [-0.1, -0.05) is 13.8 Å². The van der Waals surface area contributed by atoms with Gasteiger partial charge in [0.2, 0.25) is 0 Å². The molecule has 0 aromatic rings. The molecule has 0 radical (unpaired) electrons. The maximum Gasteiger partial charge on any atom is 0.318 e. The van der Waals surface area contributed by atoms with Crippen LogP contribution in [0.15, 0.2) is 0 Å². The third-order valence-electron chi connectivity index (χ3n) is 3.39. The van der Waals surface area contributed by atoms with Gasteiger partial charge in [-0.3, -0.25) is 4.79 Å². The van der Waals surface area contributed by atoms with E-state index >= 15 is 0 Å². The molecule has 18 heavy (non-hydrogen) atoms. The number of Topliss-reactive ketones (excluding diaryl/α,β-unsaturated/α-hetero) is 1. The summed E-state index contributed by atoms with van der Waals surface area (Å²) in [6.45, 7) is 7.01. The van der Waals surface area contributed by atoms with Gasteiger partial charge in [0, 0.05) is 26.1 Å². The molecular weight excluding hydrogens is 232 g/mol. The Balaban J connectivity index is 2.65. The molecule has 2 atom stereocenters. The van der Waals surface area contributed by atoms with Gasteiger partial charge in [-0.25, -0.2) is 4.79 Å². The van der Waals surface area contributed by atoms with E-state index in [1.807, 2.05) is 13.8 Å². The molecule has 1 heterocycles. The van der Waals surface area contributed by atoms with Crippen LogP contribution in [-0.4, -0.2) is 49.1 Å². The van der Waals surface area contributed by atoms with Crippen molar-refractivity contribution in [3.63, 3.8) is 0 Å². The number of carbonyl (C=O) groups excluding carboxylic acids is 2. The zero-order chi connectivity index (χ0) is 13.7. The second-order valence-corrected chi connectivity index (χ2v) is 5.12. The summed E-state index contributed by atoms with van der Waals surface area (Å²) in [7, 11) is 1.55. The van der Waals surface area contributed by atoms with Gasteiger partial charge >= 0.3 is 6.03 Å². The van der Waals surface area contributed by atoms with Crippen molar-refractivity contribution in [3.8, 4) is 0 Å². The van der Waals surface area contributed by atoms with E-state index in [2.05, 4.69) is 5.32 Å². The Bertz CT molecular complexity index is 299. The van der Waals surface area contributed by atoms with Crippen molar-refractivity contribution < 1.29 is 14.3 Å². The van der Waals surface area contributed by atoms with Crippen LogP contribution in [0, 0.1) is 5.92 Å². The normalized spacial score (nSPS) is 18.8. The lowest BCUT2D eigenvalue weighted by molar-refractivity contribution is -0.126. The number of ketones is 1. The third-order valence-corrected chi connectivity index (χ3v) is 3.39. The fourth-order valence-electron chi connectivity index (χ4n) is 2.06. The van der Waals surface area contributed by atoms with Crippen molar-refractivity contribution >= 4 is 11.8 Å². The molecule has 5 nitrogen and oxygen atoms in total. The molecule has 2 amide bonds. The van der Waals surface area contributed by atoms with Crippen molar-refractivity contribution in [2.75, 3.05) is 20.2 Å². The molecule has 0 aromatic heterocycles.